The van der Waals surface area contributed by atoms with E-state index in [1.54, 1.807) is 0 Å². The lowest BCUT2D eigenvalue weighted by Crippen LogP contribution is -2.30. The number of aryl methyl sites for hydroxylation is 2. The first-order chi connectivity index (χ1) is 16.4. The third-order valence-electron chi connectivity index (χ3n) is 6.22. The highest BCUT2D eigenvalue weighted by Crippen LogP contribution is 2.45. The van der Waals surface area contributed by atoms with Crippen LogP contribution in [0.3, 0.4) is 0 Å². The van der Waals surface area contributed by atoms with Crippen molar-refractivity contribution < 1.29 is 11.7 Å². The molecule has 154 valence electrons. The highest BCUT2D eigenvalue weighted by Gasteiger charge is 2.25. The average Bonchev–Trinajstić information content (AvgIpc) is 3.36. The van der Waals surface area contributed by atoms with E-state index in [0.717, 1.165) is 43.6 Å². The molecule has 3 nitrogen and oxygen atoms in total. The Labute approximate surface area is 193 Å². The minimum Gasteiger partial charge on any atom is -0.454 e. The van der Waals surface area contributed by atoms with Crippen LogP contribution in [0.4, 0.5) is 0 Å². The summed E-state index contributed by atoms with van der Waals surface area (Å²) >= 11 is 1.52. The fourth-order valence-corrected chi connectivity index (χ4v) is 5.57. The van der Waals surface area contributed by atoms with Crippen LogP contribution in [0.2, 0.25) is 0 Å². The lowest BCUT2D eigenvalue weighted by Gasteiger charge is -2.10. The van der Waals surface area contributed by atoms with E-state index in [0.29, 0.717) is 28.0 Å². The SMILES string of the molecule is [2H]C1([2H])CSc2cccc(-c3c(C#N)ccc4c3oc3c(-c5cccc[n+]5C)c(C)ccc34)c21. The Morgan fingerprint density at radius 1 is 1.00 bits per heavy atom. The van der Waals surface area contributed by atoms with Crippen LogP contribution in [0.5, 0.6) is 0 Å². The van der Waals surface area contributed by atoms with E-state index < -0.39 is 6.37 Å². The van der Waals surface area contributed by atoms with Crippen LogP contribution in [-0.2, 0) is 13.4 Å². The zero-order chi connectivity index (χ0) is 23.6. The molecule has 0 amide bonds. The van der Waals surface area contributed by atoms with E-state index in [2.05, 4.69) is 35.8 Å². The van der Waals surface area contributed by atoms with Gasteiger partial charge in [0.2, 0.25) is 5.69 Å². The van der Waals surface area contributed by atoms with Gasteiger partial charge < -0.3 is 4.42 Å². The summed E-state index contributed by atoms with van der Waals surface area (Å²) < 4.78 is 26.0. The van der Waals surface area contributed by atoms with Crippen molar-refractivity contribution in [3.63, 3.8) is 0 Å². The van der Waals surface area contributed by atoms with Gasteiger partial charge in [0.1, 0.15) is 18.2 Å². The van der Waals surface area contributed by atoms with Gasteiger partial charge in [-0.15, -0.1) is 11.8 Å². The maximum absolute atomic E-state index is 10.0. The minimum absolute atomic E-state index is 0.366. The summed E-state index contributed by atoms with van der Waals surface area (Å²) in [6.45, 7) is 2.08. The van der Waals surface area contributed by atoms with Crippen LogP contribution in [0.25, 0.3) is 44.3 Å². The van der Waals surface area contributed by atoms with Gasteiger partial charge in [0.05, 0.1) is 17.2 Å². The van der Waals surface area contributed by atoms with Gasteiger partial charge in [-0.2, -0.15) is 5.26 Å². The number of nitrogens with zero attached hydrogens (tertiary/aromatic N) is 2. The molecule has 2 aromatic heterocycles. The lowest BCUT2D eigenvalue weighted by atomic mass is 9.92. The van der Waals surface area contributed by atoms with Crippen LogP contribution in [0, 0.1) is 18.3 Å². The summed E-state index contributed by atoms with van der Waals surface area (Å²) in [6.07, 6.45) is 0.541. The number of pyridine rings is 1. The van der Waals surface area contributed by atoms with E-state index >= 15 is 0 Å². The molecule has 0 unspecified atom stereocenters. The number of fused-ring (bicyclic) bond motifs is 4. The van der Waals surface area contributed by atoms with Gasteiger partial charge in [0.25, 0.3) is 0 Å². The molecule has 0 spiro atoms. The molecule has 0 saturated carbocycles. The highest BCUT2D eigenvalue weighted by atomic mass is 32.2. The smallest absolute Gasteiger partial charge is 0.216 e. The molecule has 0 saturated heterocycles. The Morgan fingerprint density at radius 3 is 2.62 bits per heavy atom. The minimum atomic E-state index is -1.48. The van der Waals surface area contributed by atoms with E-state index in [4.69, 9.17) is 7.16 Å². The van der Waals surface area contributed by atoms with E-state index in [1.807, 2.05) is 55.7 Å². The van der Waals surface area contributed by atoms with E-state index in [9.17, 15) is 5.26 Å². The number of aromatic nitrogens is 1. The van der Waals surface area contributed by atoms with Crippen molar-refractivity contribution in [3.8, 4) is 28.5 Å². The number of hydrogen-bond acceptors (Lipinski definition) is 3. The maximum atomic E-state index is 10.0. The fourth-order valence-electron chi connectivity index (χ4n) is 4.69. The van der Waals surface area contributed by atoms with Crippen LogP contribution in [-0.4, -0.2) is 5.75 Å². The molecule has 3 aromatic carbocycles. The zero-order valence-corrected chi connectivity index (χ0v) is 18.6. The highest BCUT2D eigenvalue weighted by molar-refractivity contribution is 7.99. The van der Waals surface area contributed by atoms with E-state index in [-0.39, 0.29) is 0 Å². The van der Waals surface area contributed by atoms with Crippen molar-refractivity contribution in [1.82, 2.24) is 0 Å². The molecule has 32 heavy (non-hydrogen) atoms. The Hall–Kier alpha value is -3.55. The molecule has 0 N–H and O–H groups in total. The molecule has 4 heteroatoms. The van der Waals surface area contributed by atoms with Crippen LogP contribution >= 0.6 is 11.8 Å². The molecule has 0 atom stereocenters. The topological polar surface area (TPSA) is 40.8 Å². The summed E-state index contributed by atoms with van der Waals surface area (Å²) in [5.74, 6) is 0.366. The first-order valence-corrected chi connectivity index (χ1v) is 11.5. The Balaban J connectivity index is 1.75. The number of nitriles is 1. The third-order valence-corrected chi connectivity index (χ3v) is 7.16. The normalized spacial score (nSPS) is 15.4. The molecule has 0 radical (unpaired) electrons. The largest absolute Gasteiger partial charge is 0.454 e. The summed E-state index contributed by atoms with van der Waals surface area (Å²) in [5.41, 5.74) is 7.09. The van der Waals surface area contributed by atoms with Crippen molar-refractivity contribution in [3.05, 3.63) is 83.6 Å². The summed E-state index contributed by atoms with van der Waals surface area (Å²) in [6, 6.07) is 22.2. The third kappa shape index (κ3) is 2.71. The first-order valence-electron chi connectivity index (χ1n) is 11.5. The van der Waals surface area contributed by atoms with Crippen molar-refractivity contribution in [2.45, 2.75) is 18.2 Å². The van der Waals surface area contributed by atoms with Gasteiger partial charge in [0.15, 0.2) is 6.20 Å². The molecule has 0 fully saturated rings. The predicted octanol–water partition coefficient (Wildman–Crippen LogP) is 6.57. The molecule has 1 aliphatic heterocycles. The lowest BCUT2D eigenvalue weighted by molar-refractivity contribution is -0.660. The number of thioether (sulfide) groups is 1. The standard InChI is InChI=1S/C28H21N2OS/c1-17-9-11-21-22-12-10-18(16-29)26(20-6-5-8-24-19(20)13-15-32-24)28(22)31-27(21)25(17)23-7-3-4-14-30(23)2/h3-12,14H,13,15H2,1-2H3/q+1/i13D2. The summed E-state index contributed by atoms with van der Waals surface area (Å²) in [7, 11) is 2.02. The monoisotopic (exact) mass is 435 g/mol. The Kier molecular flexibility index (Phi) is 3.87. The molecular weight excluding hydrogens is 412 g/mol. The van der Waals surface area contributed by atoms with E-state index in [1.165, 1.54) is 11.8 Å². The number of benzene rings is 3. The summed E-state index contributed by atoms with van der Waals surface area (Å²) in [5, 5.41) is 11.9. The molecule has 5 aromatic rings. The molecule has 3 heterocycles. The van der Waals surface area contributed by atoms with Crippen LogP contribution in [0.15, 0.2) is 76.2 Å². The van der Waals surface area contributed by atoms with Gasteiger partial charge >= 0.3 is 0 Å². The number of furan rings is 1. The second-order valence-corrected chi connectivity index (χ2v) is 9.07. The first kappa shape index (κ1) is 17.1. The van der Waals surface area contributed by atoms with Crippen LogP contribution < -0.4 is 4.57 Å². The zero-order valence-electron chi connectivity index (χ0n) is 19.8. The van der Waals surface area contributed by atoms with Crippen molar-refractivity contribution in [2.24, 2.45) is 7.05 Å². The molecular formula is C28H21N2OS+. The molecule has 6 rings (SSSR count). The van der Waals surface area contributed by atoms with Crippen molar-refractivity contribution in [2.75, 3.05) is 5.75 Å². The predicted molar refractivity (Wildman–Crippen MR) is 130 cm³/mol. The molecule has 0 aliphatic carbocycles. The fraction of sp³-hybridized carbons (Fsp3) is 0.143. The number of hydrogen-bond donors (Lipinski definition) is 0. The Bertz CT molecular complexity index is 1680. The average molecular weight is 436 g/mol. The second-order valence-electron chi connectivity index (χ2n) is 8.05. The summed E-state index contributed by atoms with van der Waals surface area (Å²) in [4.78, 5) is 0.923. The molecule has 0 bridgehead atoms. The van der Waals surface area contributed by atoms with Crippen molar-refractivity contribution >= 4 is 33.7 Å². The van der Waals surface area contributed by atoms with Gasteiger partial charge in [-0.3, -0.25) is 0 Å². The Morgan fingerprint density at radius 2 is 1.81 bits per heavy atom. The maximum Gasteiger partial charge on any atom is 0.216 e. The molecule has 1 aliphatic rings. The van der Waals surface area contributed by atoms with Gasteiger partial charge in [0, 0.05) is 41.9 Å². The second kappa shape index (κ2) is 7.25. The van der Waals surface area contributed by atoms with Gasteiger partial charge in [-0.25, -0.2) is 4.57 Å². The quantitative estimate of drug-likeness (QED) is 0.294. The van der Waals surface area contributed by atoms with Gasteiger partial charge in [-0.1, -0.05) is 24.3 Å². The van der Waals surface area contributed by atoms with Crippen LogP contribution in [0.1, 0.15) is 19.4 Å². The van der Waals surface area contributed by atoms with Crippen molar-refractivity contribution in [1.29, 1.82) is 5.26 Å². The number of rotatable bonds is 2. The van der Waals surface area contributed by atoms with Gasteiger partial charge in [-0.05, 0) is 54.3 Å².